The number of aliphatic hydroxyl groups is 1. The van der Waals surface area contributed by atoms with Crippen LogP contribution in [0.3, 0.4) is 0 Å². The fraction of sp³-hybridized carbons (Fsp3) is 0.600. The van der Waals surface area contributed by atoms with Gasteiger partial charge in [-0.1, -0.05) is 29.3 Å². The highest BCUT2D eigenvalue weighted by molar-refractivity contribution is 6.37. The van der Waals surface area contributed by atoms with Gasteiger partial charge in [-0.25, -0.2) is 0 Å². The molecule has 2 rings (SSSR count). The van der Waals surface area contributed by atoms with Gasteiger partial charge in [0.2, 0.25) is 0 Å². The van der Waals surface area contributed by atoms with E-state index in [0.29, 0.717) is 28.9 Å². The van der Waals surface area contributed by atoms with Gasteiger partial charge in [0.05, 0.1) is 16.7 Å². The normalized spacial score (nSPS) is 23.8. The number of benzene rings is 1. The van der Waals surface area contributed by atoms with Crippen molar-refractivity contribution in [1.29, 1.82) is 0 Å². The Morgan fingerprint density at radius 2 is 2.14 bits per heavy atom. The average Bonchev–Trinajstić information content (AvgIpc) is 2.45. The Balaban J connectivity index is 1.78. The van der Waals surface area contributed by atoms with Gasteiger partial charge < -0.3 is 19.9 Å². The highest BCUT2D eigenvalue weighted by Crippen LogP contribution is 2.32. The standard InChI is InChI=1S/C15H21Cl2NO3/c1-15(6-3-7-20-10-15)18-8-11(19)9-21-14-12(16)4-2-5-13(14)17/h2,4-5,11,18-19H,3,6-10H2,1H3. The molecule has 118 valence electrons. The molecule has 2 atom stereocenters. The van der Waals surface area contributed by atoms with Gasteiger partial charge in [-0.2, -0.15) is 0 Å². The maximum Gasteiger partial charge on any atom is 0.156 e. The topological polar surface area (TPSA) is 50.7 Å². The van der Waals surface area contributed by atoms with Crippen LogP contribution in [0.5, 0.6) is 5.75 Å². The summed E-state index contributed by atoms with van der Waals surface area (Å²) in [5, 5.41) is 14.2. The molecule has 21 heavy (non-hydrogen) atoms. The molecule has 1 aromatic rings. The first-order chi connectivity index (χ1) is 10.0. The minimum atomic E-state index is -0.643. The number of β-amino-alcohol motifs (C(OH)–C–C–N with tert-alkyl or cyclic N) is 1. The van der Waals surface area contributed by atoms with Crippen LogP contribution in [0.1, 0.15) is 19.8 Å². The Bertz CT molecular complexity index is 444. The summed E-state index contributed by atoms with van der Waals surface area (Å²) in [6.07, 6.45) is 1.43. The van der Waals surface area contributed by atoms with Crippen LogP contribution in [-0.2, 0) is 4.74 Å². The lowest BCUT2D eigenvalue weighted by Crippen LogP contribution is -2.51. The minimum Gasteiger partial charge on any atom is -0.488 e. The van der Waals surface area contributed by atoms with Crippen LogP contribution in [0.4, 0.5) is 0 Å². The van der Waals surface area contributed by atoms with Crippen molar-refractivity contribution in [2.24, 2.45) is 0 Å². The number of para-hydroxylation sites is 1. The number of aliphatic hydroxyl groups excluding tert-OH is 1. The second-order valence-electron chi connectivity index (χ2n) is 5.61. The number of halogens is 2. The third-order valence-corrected chi connectivity index (χ3v) is 4.14. The highest BCUT2D eigenvalue weighted by atomic mass is 35.5. The predicted molar refractivity (Wildman–Crippen MR) is 84.4 cm³/mol. The molecule has 0 saturated carbocycles. The van der Waals surface area contributed by atoms with E-state index < -0.39 is 6.10 Å². The van der Waals surface area contributed by atoms with Gasteiger partial charge in [0.25, 0.3) is 0 Å². The molecule has 2 unspecified atom stereocenters. The fourth-order valence-electron chi connectivity index (χ4n) is 2.30. The third kappa shape index (κ3) is 5.01. The van der Waals surface area contributed by atoms with E-state index in [1.165, 1.54) is 0 Å². The van der Waals surface area contributed by atoms with Gasteiger partial charge in [0.1, 0.15) is 12.7 Å². The van der Waals surface area contributed by atoms with E-state index in [1.807, 2.05) is 0 Å². The van der Waals surface area contributed by atoms with Crippen molar-refractivity contribution in [2.45, 2.75) is 31.4 Å². The Labute approximate surface area is 135 Å². The van der Waals surface area contributed by atoms with E-state index in [2.05, 4.69) is 12.2 Å². The summed E-state index contributed by atoms with van der Waals surface area (Å²) in [6, 6.07) is 5.15. The molecule has 1 saturated heterocycles. The molecule has 1 aromatic carbocycles. The molecule has 0 aliphatic carbocycles. The largest absolute Gasteiger partial charge is 0.488 e. The lowest BCUT2D eigenvalue weighted by atomic mass is 9.95. The number of ether oxygens (including phenoxy) is 2. The molecule has 0 spiro atoms. The maximum absolute atomic E-state index is 10.0. The molecule has 0 amide bonds. The van der Waals surface area contributed by atoms with Gasteiger partial charge in [-0.15, -0.1) is 0 Å². The Hall–Kier alpha value is -0.520. The molecule has 1 aliphatic heterocycles. The lowest BCUT2D eigenvalue weighted by molar-refractivity contribution is 0.0184. The molecule has 1 heterocycles. The quantitative estimate of drug-likeness (QED) is 0.840. The van der Waals surface area contributed by atoms with Crippen LogP contribution in [0.25, 0.3) is 0 Å². The molecule has 1 aliphatic rings. The molecule has 0 bridgehead atoms. The molecule has 4 nitrogen and oxygen atoms in total. The van der Waals surface area contributed by atoms with Crippen molar-refractivity contribution < 1.29 is 14.6 Å². The van der Waals surface area contributed by atoms with Gasteiger partial charge >= 0.3 is 0 Å². The second kappa shape index (κ2) is 7.65. The van der Waals surface area contributed by atoms with E-state index in [0.717, 1.165) is 19.4 Å². The zero-order valence-electron chi connectivity index (χ0n) is 12.1. The van der Waals surface area contributed by atoms with Crippen LogP contribution < -0.4 is 10.1 Å². The first-order valence-electron chi connectivity index (χ1n) is 7.08. The van der Waals surface area contributed by atoms with Gasteiger partial charge in [-0.3, -0.25) is 0 Å². The zero-order valence-corrected chi connectivity index (χ0v) is 13.6. The number of hydrogen-bond donors (Lipinski definition) is 2. The molecular weight excluding hydrogens is 313 g/mol. The van der Waals surface area contributed by atoms with Crippen molar-refractivity contribution in [3.8, 4) is 5.75 Å². The van der Waals surface area contributed by atoms with Crippen LogP contribution in [0.2, 0.25) is 10.0 Å². The van der Waals surface area contributed by atoms with Crippen LogP contribution in [0.15, 0.2) is 18.2 Å². The first-order valence-corrected chi connectivity index (χ1v) is 7.83. The predicted octanol–water partition coefficient (Wildman–Crippen LogP) is 2.89. The summed E-state index contributed by atoms with van der Waals surface area (Å²) in [7, 11) is 0. The number of nitrogens with one attached hydrogen (secondary N) is 1. The summed E-state index contributed by atoms with van der Waals surface area (Å²) >= 11 is 12.0. The Kier molecular flexibility index (Phi) is 6.14. The van der Waals surface area contributed by atoms with Crippen LogP contribution in [-0.4, -0.2) is 43.1 Å². The lowest BCUT2D eigenvalue weighted by Gasteiger charge is -2.35. The minimum absolute atomic E-state index is 0.0821. The van der Waals surface area contributed by atoms with Gasteiger partial charge in [-0.05, 0) is 31.9 Å². The monoisotopic (exact) mass is 333 g/mol. The molecule has 2 N–H and O–H groups in total. The Morgan fingerprint density at radius 3 is 2.76 bits per heavy atom. The molecule has 0 aromatic heterocycles. The molecule has 1 fully saturated rings. The van der Waals surface area contributed by atoms with Gasteiger partial charge in [0.15, 0.2) is 5.75 Å². The first kappa shape index (κ1) is 16.8. The zero-order chi connectivity index (χ0) is 15.3. The summed E-state index contributed by atoms with van der Waals surface area (Å²) in [4.78, 5) is 0. The van der Waals surface area contributed by atoms with E-state index >= 15 is 0 Å². The molecule has 6 heteroatoms. The fourth-order valence-corrected chi connectivity index (χ4v) is 2.80. The van der Waals surface area contributed by atoms with E-state index in [4.69, 9.17) is 32.7 Å². The summed E-state index contributed by atoms with van der Waals surface area (Å²) in [5.41, 5.74) is -0.0821. The van der Waals surface area contributed by atoms with E-state index in [1.54, 1.807) is 18.2 Å². The SMILES string of the molecule is CC1(NCC(O)COc2c(Cl)cccc2Cl)CCCOC1. The smallest absolute Gasteiger partial charge is 0.156 e. The highest BCUT2D eigenvalue weighted by Gasteiger charge is 2.27. The summed E-state index contributed by atoms with van der Waals surface area (Å²) in [6.45, 7) is 4.14. The third-order valence-electron chi connectivity index (χ3n) is 3.54. The number of rotatable bonds is 6. The van der Waals surface area contributed by atoms with Crippen molar-refractivity contribution in [1.82, 2.24) is 5.32 Å². The van der Waals surface area contributed by atoms with Gasteiger partial charge in [0, 0.05) is 18.7 Å². The van der Waals surface area contributed by atoms with E-state index in [-0.39, 0.29) is 12.1 Å². The number of hydrogen-bond acceptors (Lipinski definition) is 4. The Morgan fingerprint density at radius 1 is 1.43 bits per heavy atom. The van der Waals surface area contributed by atoms with Crippen molar-refractivity contribution in [3.63, 3.8) is 0 Å². The van der Waals surface area contributed by atoms with Crippen molar-refractivity contribution in [3.05, 3.63) is 28.2 Å². The second-order valence-corrected chi connectivity index (χ2v) is 6.43. The molecular formula is C15H21Cl2NO3. The maximum atomic E-state index is 10.0. The summed E-state index contributed by atoms with van der Waals surface area (Å²) in [5.74, 6) is 0.409. The average molecular weight is 334 g/mol. The van der Waals surface area contributed by atoms with Crippen molar-refractivity contribution >= 4 is 23.2 Å². The molecule has 0 radical (unpaired) electrons. The van der Waals surface area contributed by atoms with Crippen LogP contribution in [0, 0.1) is 0 Å². The van der Waals surface area contributed by atoms with Crippen molar-refractivity contribution in [2.75, 3.05) is 26.4 Å². The van der Waals surface area contributed by atoms with E-state index in [9.17, 15) is 5.11 Å². The summed E-state index contributed by atoms with van der Waals surface area (Å²) < 4.78 is 11.0. The van der Waals surface area contributed by atoms with Crippen LogP contribution >= 0.6 is 23.2 Å².